The van der Waals surface area contributed by atoms with Gasteiger partial charge in [0.1, 0.15) is 11.3 Å². The molecule has 176 valence electrons. The number of amides is 1. The molecule has 8 nitrogen and oxygen atoms in total. The third kappa shape index (κ3) is 5.98. The van der Waals surface area contributed by atoms with E-state index in [0.717, 1.165) is 16.7 Å². The normalized spacial score (nSPS) is 10.4. The molecule has 0 saturated heterocycles. The van der Waals surface area contributed by atoms with Crippen LogP contribution < -0.4 is 5.32 Å². The number of ketones is 1. The highest BCUT2D eigenvalue weighted by molar-refractivity contribution is 6.10. The zero-order valence-electron chi connectivity index (χ0n) is 19.2. The zero-order valence-corrected chi connectivity index (χ0v) is 19.2. The maximum Gasteiger partial charge on any atom is 0.344 e. The molecule has 0 fully saturated rings. The van der Waals surface area contributed by atoms with Gasteiger partial charge in [-0.15, -0.1) is 0 Å². The third-order valence-electron chi connectivity index (χ3n) is 4.94. The van der Waals surface area contributed by atoms with Crippen LogP contribution in [0.2, 0.25) is 0 Å². The second-order valence-corrected chi connectivity index (χ2v) is 7.46. The second-order valence-electron chi connectivity index (χ2n) is 7.46. The van der Waals surface area contributed by atoms with Crippen LogP contribution in [0, 0.1) is 6.92 Å². The van der Waals surface area contributed by atoms with Crippen molar-refractivity contribution >= 4 is 29.5 Å². The molecule has 1 aromatic heterocycles. The zero-order chi connectivity index (χ0) is 24.7. The van der Waals surface area contributed by atoms with Crippen LogP contribution in [0.4, 0.5) is 5.88 Å². The Bertz CT molecular complexity index is 1190. The number of carbonyl (C=O) groups is 4. The van der Waals surface area contributed by atoms with Gasteiger partial charge in [0, 0.05) is 0 Å². The predicted molar refractivity (Wildman–Crippen MR) is 125 cm³/mol. The van der Waals surface area contributed by atoms with Crippen LogP contribution >= 0.6 is 0 Å². The number of nitrogens with one attached hydrogen (secondary N) is 1. The summed E-state index contributed by atoms with van der Waals surface area (Å²) in [5.74, 6) is -2.57. The Balaban J connectivity index is 1.59. The summed E-state index contributed by atoms with van der Waals surface area (Å²) in [6, 6.07) is 17.3. The average Bonchev–Trinajstić information content (AvgIpc) is 3.14. The van der Waals surface area contributed by atoms with Gasteiger partial charge in [-0.05, 0) is 37.5 Å². The van der Waals surface area contributed by atoms with E-state index in [0.29, 0.717) is 0 Å². The van der Waals surface area contributed by atoms with Crippen molar-refractivity contribution < 1.29 is 33.1 Å². The molecule has 34 heavy (non-hydrogen) atoms. The van der Waals surface area contributed by atoms with Crippen molar-refractivity contribution in [2.75, 3.05) is 18.5 Å². The smallest absolute Gasteiger partial charge is 0.344 e. The third-order valence-corrected chi connectivity index (χ3v) is 4.94. The lowest BCUT2D eigenvalue weighted by molar-refractivity contribution is -0.146. The Kier molecular flexibility index (Phi) is 7.97. The van der Waals surface area contributed by atoms with Gasteiger partial charge in [-0.1, -0.05) is 54.6 Å². The predicted octanol–water partition coefficient (Wildman–Crippen LogP) is 4.36. The minimum atomic E-state index is -0.796. The average molecular weight is 463 g/mol. The van der Waals surface area contributed by atoms with Crippen LogP contribution in [0.1, 0.15) is 45.9 Å². The first-order chi connectivity index (χ1) is 16.3. The first-order valence-electron chi connectivity index (χ1n) is 10.7. The molecule has 3 aromatic rings. The van der Waals surface area contributed by atoms with E-state index in [1.165, 1.54) is 13.8 Å². The van der Waals surface area contributed by atoms with E-state index in [2.05, 4.69) is 5.32 Å². The molecule has 0 aliphatic rings. The van der Waals surface area contributed by atoms with Gasteiger partial charge in [0.05, 0.1) is 18.6 Å². The van der Waals surface area contributed by atoms with Crippen molar-refractivity contribution in [2.24, 2.45) is 0 Å². The Morgan fingerprint density at radius 2 is 1.53 bits per heavy atom. The van der Waals surface area contributed by atoms with Crippen LogP contribution in [0.15, 0.2) is 59.0 Å². The van der Waals surface area contributed by atoms with Crippen LogP contribution in [0.25, 0.3) is 11.1 Å². The van der Waals surface area contributed by atoms with Crippen molar-refractivity contribution in [3.8, 4) is 11.1 Å². The van der Waals surface area contributed by atoms with Gasteiger partial charge in [-0.3, -0.25) is 19.7 Å². The van der Waals surface area contributed by atoms with E-state index >= 15 is 0 Å². The van der Waals surface area contributed by atoms with Crippen LogP contribution in [0.3, 0.4) is 0 Å². The number of furan rings is 1. The lowest BCUT2D eigenvalue weighted by Gasteiger charge is -2.08. The number of hydrogen-bond acceptors (Lipinski definition) is 7. The molecule has 0 spiro atoms. The molecule has 8 heteroatoms. The molecule has 0 unspecified atom stereocenters. The number of aryl methyl sites for hydroxylation is 1. The number of hydrogen-bond donors (Lipinski definition) is 1. The summed E-state index contributed by atoms with van der Waals surface area (Å²) in [5, 5.41) is 2.37. The van der Waals surface area contributed by atoms with Gasteiger partial charge in [-0.2, -0.15) is 0 Å². The maximum atomic E-state index is 12.3. The Morgan fingerprint density at radius 3 is 2.15 bits per heavy atom. The summed E-state index contributed by atoms with van der Waals surface area (Å²) in [4.78, 5) is 48.7. The minimum absolute atomic E-state index is 0.00916. The number of rotatable bonds is 9. The SMILES string of the molecule is CCOC(=O)c1c(NC(=O)COC(=O)Cc2ccc(-c3ccccc3)cc2)oc(C)c1C(C)=O. The molecule has 1 heterocycles. The van der Waals surface area contributed by atoms with Crippen molar-refractivity contribution in [3.05, 3.63) is 77.0 Å². The van der Waals surface area contributed by atoms with Gasteiger partial charge in [0.25, 0.3) is 5.91 Å². The molecule has 0 aliphatic carbocycles. The summed E-state index contributed by atoms with van der Waals surface area (Å²) < 4.78 is 15.4. The quantitative estimate of drug-likeness (QED) is 0.371. The monoisotopic (exact) mass is 463 g/mol. The number of benzene rings is 2. The fourth-order valence-electron chi connectivity index (χ4n) is 3.43. The highest BCUT2D eigenvalue weighted by atomic mass is 16.5. The van der Waals surface area contributed by atoms with E-state index in [4.69, 9.17) is 13.9 Å². The number of anilines is 1. The van der Waals surface area contributed by atoms with Crippen molar-refractivity contribution in [1.82, 2.24) is 0 Å². The van der Waals surface area contributed by atoms with Crippen molar-refractivity contribution in [2.45, 2.75) is 27.2 Å². The fourth-order valence-corrected chi connectivity index (χ4v) is 3.43. The van der Waals surface area contributed by atoms with Gasteiger partial charge >= 0.3 is 11.9 Å². The van der Waals surface area contributed by atoms with Gasteiger partial charge in [0.15, 0.2) is 12.4 Å². The van der Waals surface area contributed by atoms with Gasteiger partial charge in [0.2, 0.25) is 5.88 Å². The summed E-state index contributed by atoms with van der Waals surface area (Å²) >= 11 is 0. The maximum absolute atomic E-state index is 12.3. The molecule has 1 N–H and O–H groups in total. The summed E-state index contributed by atoms with van der Waals surface area (Å²) in [6.45, 7) is 3.89. The largest absolute Gasteiger partial charge is 0.462 e. The molecule has 3 rings (SSSR count). The van der Waals surface area contributed by atoms with E-state index in [9.17, 15) is 19.2 Å². The number of esters is 2. The topological polar surface area (TPSA) is 112 Å². The minimum Gasteiger partial charge on any atom is -0.462 e. The molecular weight excluding hydrogens is 438 g/mol. The van der Waals surface area contributed by atoms with Crippen LogP contribution in [-0.2, 0) is 25.5 Å². The molecule has 0 atom stereocenters. The number of ether oxygens (including phenoxy) is 2. The highest BCUT2D eigenvalue weighted by Gasteiger charge is 2.28. The van der Waals surface area contributed by atoms with E-state index in [-0.39, 0.29) is 35.8 Å². The van der Waals surface area contributed by atoms with E-state index in [1.807, 2.05) is 54.6 Å². The lowest BCUT2D eigenvalue weighted by atomic mass is 10.0. The molecule has 2 aromatic carbocycles. The second kappa shape index (κ2) is 11.1. The van der Waals surface area contributed by atoms with Crippen LogP contribution in [0.5, 0.6) is 0 Å². The summed E-state index contributed by atoms with van der Waals surface area (Å²) in [7, 11) is 0. The van der Waals surface area contributed by atoms with Gasteiger partial charge in [-0.25, -0.2) is 4.79 Å². The summed E-state index contributed by atoms with van der Waals surface area (Å²) in [6.07, 6.45) is -0.00916. The molecule has 0 aliphatic heterocycles. The molecule has 0 bridgehead atoms. The summed E-state index contributed by atoms with van der Waals surface area (Å²) in [5.41, 5.74) is 2.70. The van der Waals surface area contributed by atoms with Crippen molar-refractivity contribution in [3.63, 3.8) is 0 Å². The molecule has 1 amide bonds. The molecular formula is C26H25NO7. The lowest BCUT2D eigenvalue weighted by Crippen LogP contribution is -2.23. The van der Waals surface area contributed by atoms with Crippen molar-refractivity contribution in [1.29, 1.82) is 0 Å². The first-order valence-corrected chi connectivity index (χ1v) is 10.7. The Morgan fingerprint density at radius 1 is 0.882 bits per heavy atom. The van der Waals surface area contributed by atoms with Gasteiger partial charge < -0.3 is 13.9 Å². The van der Waals surface area contributed by atoms with E-state index < -0.39 is 30.2 Å². The van der Waals surface area contributed by atoms with Crippen LogP contribution in [-0.4, -0.2) is 36.8 Å². The Labute approximate surface area is 196 Å². The Hall–Kier alpha value is -4.20. The molecule has 0 saturated carbocycles. The highest BCUT2D eigenvalue weighted by Crippen LogP contribution is 2.28. The fraction of sp³-hybridized carbons (Fsp3) is 0.231. The standard InChI is InChI=1S/C26H25NO7/c1-4-32-26(31)24-23(16(2)28)17(3)34-25(24)27-21(29)15-33-22(30)14-18-10-12-20(13-11-18)19-8-6-5-7-9-19/h5-13H,4,14-15H2,1-3H3,(H,27,29). The molecule has 0 radical (unpaired) electrons. The number of Topliss-reactive ketones (excluding diaryl/α,β-unsaturated/α-hetero) is 1. The number of carbonyl (C=O) groups excluding carboxylic acids is 4. The van der Waals surface area contributed by atoms with E-state index in [1.54, 1.807) is 6.92 Å². The first kappa shape index (κ1) is 24.4.